The second kappa shape index (κ2) is 1.68. The molecule has 0 aromatic heterocycles. The fourth-order valence-corrected chi connectivity index (χ4v) is 0.735. The van der Waals surface area contributed by atoms with E-state index in [9.17, 15) is 4.21 Å². The van der Waals surface area contributed by atoms with E-state index >= 15 is 0 Å². The molecule has 36 valence electrons. The van der Waals surface area contributed by atoms with Gasteiger partial charge in [-0.05, 0) is 0 Å². The molecule has 1 fully saturated rings. The average Bonchev–Trinajstić information content (AvgIpc) is 1.86. The van der Waals surface area contributed by atoms with Crippen LogP contribution in [0.4, 0.5) is 0 Å². The van der Waals surface area contributed by atoms with E-state index in [2.05, 4.69) is 9.76 Å². The van der Waals surface area contributed by atoms with Crippen LogP contribution in [-0.4, -0.2) is 16.5 Å². The van der Waals surface area contributed by atoms with Crippen molar-refractivity contribution in [1.29, 1.82) is 0 Å². The summed E-state index contributed by atoms with van der Waals surface area (Å²) >= 11 is -1.09. The van der Waals surface area contributed by atoms with Crippen LogP contribution in [0.1, 0.15) is 0 Å². The van der Waals surface area contributed by atoms with E-state index in [1.807, 2.05) is 0 Å². The zero-order chi connectivity index (χ0) is 4.41. The van der Waals surface area contributed by atoms with Crippen LogP contribution in [0.2, 0.25) is 0 Å². The van der Waals surface area contributed by atoms with Gasteiger partial charge in [-0.25, -0.2) is 4.21 Å². The van der Waals surface area contributed by atoms with Crippen molar-refractivity contribution in [2.45, 2.75) is 0 Å². The van der Waals surface area contributed by atoms with Gasteiger partial charge in [0, 0.05) is 5.75 Å². The van der Waals surface area contributed by atoms with Crippen molar-refractivity contribution >= 4 is 11.1 Å². The SMILES string of the molecule is O=S1CC[N-]O1. The fraction of sp³-hybridized carbons (Fsp3) is 1.00. The Kier molecular flexibility index (Phi) is 1.19. The van der Waals surface area contributed by atoms with Gasteiger partial charge in [-0.1, -0.05) is 0 Å². The van der Waals surface area contributed by atoms with Crippen LogP contribution >= 0.6 is 0 Å². The number of nitrogens with zero attached hydrogens (tertiary/aromatic N) is 1. The van der Waals surface area contributed by atoms with E-state index in [1.54, 1.807) is 0 Å². The summed E-state index contributed by atoms with van der Waals surface area (Å²) in [5, 5.41) is 0. The molecule has 3 nitrogen and oxygen atoms in total. The average molecular weight is 106 g/mol. The molecule has 1 aliphatic rings. The molecule has 0 aliphatic carbocycles. The lowest BCUT2D eigenvalue weighted by atomic mass is 10.8. The molecular formula is C2H4NO2S-. The van der Waals surface area contributed by atoms with Crippen LogP contribution < -0.4 is 0 Å². The lowest BCUT2D eigenvalue weighted by Gasteiger charge is -1.99. The smallest absolute Gasteiger partial charge is 0.136 e. The molecule has 4 heteroatoms. The molecule has 0 aromatic carbocycles. The Bertz CT molecular complexity index is 65.9. The van der Waals surface area contributed by atoms with Crippen molar-refractivity contribution < 1.29 is 8.49 Å². The normalized spacial score (nSPS) is 34.3. The van der Waals surface area contributed by atoms with Gasteiger partial charge in [-0.3, -0.25) is 0 Å². The van der Waals surface area contributed by atoms with Crippen molar-refractivity contribution in [3.63, 3.8) is 0 Å². The van der Waals surface area contributed by atoms with Crippen LogP contribution in [0.25, 0.3) is 5.48 Å². The molecule has 0 amide bonds. The maximum Gasteiger partial charge on any atom is 0.136 e. The molecule has 1 aliphatic heterocycles. The van der Waals surface area contributed by atoms with Crippen molar-refractivity contribution in [1.82, 2.24) is 0 Å². The second-order valence-corrected chi connectivity index (χ2v) is 2.10. The van der Waals surface area contributed by atoms with E-state index in [-0.39, 0.29) is 0 Å². The van der Waals surface area contributed by atoms with Crippen LogP contribution in [0, 0.1) is 0 Å². The summed E-state index contributed by atoms with van der Waals surface area (Å²) < 4.78 is 14.3. The summed E-state index contributed by atoms with van der Waals surface area (Å²) in [5.41, 5.74) is 3.36. The minimum atomic E-state index is -1.09. The maximum absolute atomic E-state index is 10.0. The topological polar surface area (TPSA) is 40.4 Å². The number of rotatable bonds is 0. The van der Waals surface area contributed by atoms with Gasteiger partial charge in [0.25, 0.3) is 0 Å². The molecule has 1 saturated heterocycles. The lowest BCUT2D eigenvalue weighted by Crippen LogP contribution is -1.85. The van der Waals surface area contributed by atoms with Gasteiger partial charge in [-0.2, -0.15) is 0 Å². The number of hydrogen-bond donors (Lipinski definition) is 0. The van der Waals surface area contributed by atoms with Gasteiger partial charge in [0.2, 0.25) is 0 Å². The Hall–Kier alpha value is 0.0700. The van der Waals surface area contributed by atoms with Gasteiger partial charge in [0.1, 0.15) is 11.1 Å². The molecule has 0 bridgehead atoms. The highest BCUT2D eigenvalue weighted by Crippen LogP contribution is 2.02. The van der Waals surface area contributed by atoms with Gasteiger partial charge in [0.05, 0.1) is 0 Å². The van der Waals surface area contributed by atoms with E-state index in [0.717, 1.165) is 0 Å². The fourth-order valence-electron chi connectivity index (χ4n) is 0.245. The first-order chi connectivity index (χ1) is 2.89. The Morgan fingerprint density at radius 1 is 1.83 bits per heavy atom. The van der Waals surface area contributed by atoms with Crippen LogP contribution in [0.15, 0.2) is 0 Å². The zero-order valence-corrected chi connectivity index (χ0v) is 3.90. The van der Waals surface area contributed by atoms with Crippen molar-refractivity contribution in [2.24, 2.45) is 0 Å². The van der Waals surface area contributed by atoms with Crippen molar-refractivity contribution in [3.05, 3.63) is 5.48 Å². The molecular weight excluding hydrogens is 102 g/mol. The van der Waals surface area contributed by atoms with Gasteiger partial charge in [0.15, 0.2) is 0 Å². The Balaban J connectivity index is 2.37. The predicted molar refractivity (Wildman–Crippen MR) is 22.3 cm³/mol. The number of hydroxylamine groups is 1. The molecule has 1 rings (SSSR count). The molecule has 0 N–H and O–H groups in total. The highest BCUT2D eigenvalue weighted by Gasteiger charge is 1.94. The minimum absolute atomic E-state index is 0.569. The van der Waals surface area contributed by atoms with E-state index in [1.165, 1.54) is 0 Å². The Labute approximate surface area is 38.3 Å². The standard InChI is InChI=1S/C2H4NO2S/c4-6-2-1-3-5-6/h1-2H2/q-1. The van der Waals surface area contributed by atoms with Crippen LogP contribution in [-0.2, 0) is 15.4 Å². The highest BCUT2D eigenvalue weighted by atomic mass is 32.2. The van der Waals surface area contributed by atoms with Crippen LogP contribution in [0.5, 0.6) is 0 Å². The van der Waals surface area contributed by atoms with Crippen molar-refractivity contribution in [3.8, 4) is 0 Å². The molecule has 0 radical (unpaired) electrons. The lowest BCUT2D eigenvalue weighted by molar-refractivity contribution is 0.483. The largest absolute Gasteiger partial charge is 0.518 e. The first-order valence-corrected chi connectivity index (χ1v) is 2.86. The summed E-state index contributed by atoms with van der Waals surface area (Å²) in [6.45, 7) is 0.590. The molecule has 1 heterocycles. The summed E-state index contributed by atoms with van der Waals surface area (Å²) in [6, 6.07) is 0. The second-order valence-electron chi connectivity index (χ2n) is 0.935. The maximum atomic E-state index is 10.0. The quantitative estimate of drug-likeness (QED) is 0.435. The minimum Gasteiger partial charge on any atom is -0.518 e. The molecule has 1 unspecified atom stereocenters. The molecule has 0 aromatic rings. The molecule has 0 saturated carbocycles. The first kappa shape index (κ1) is 4.23. The van der Waals surface area contributed by atoms with E-state index in [0.29, 0.717) is 12.3 Å². The zero-order valence-electron chi connectivity index (χ0n) is 3.09. The Morgan fingerprint density at radius 3 is 2.83 bits per heavy atom. The van der Waals surface area contributed by atoms with Gasteiger partial charge in [-0.15, -0.1) is 6.54 Å². The molecule has 0 spiro atoms. The predicted octanol–water partition coefficient (Wildman–Crippen LogP) is -0.0310. The summed E-state index contributed by atoms with van der Waals surface area (Å²) in [7, 11) is 0. The first-order valence-electron chi connectivity index (χ1n) is 1.62. The van der Waals surface area contributed by atoms with Gasteiger partial charge < -0.3 is 9.76 Å². The van der Waals surface area contributed by atoms with Crippen molar-refractivity contribution in [2.75, 3.05) is 12.3 Å². The third-order valence-corrected chi connectivity index (χ3v) is 1.27. The number of hydrogen-bond acceptors (Lipinski definition) is 2. The van der Waals surface area contributed by atoms with Gasteiger partial charge >= 0.3 is 0 Å². The summed E-state index contributed by atoms with van der Waals surface area (Å²) in [5.74, 6) is 0.569. The summed E-state index contributed by atoms with van der Waals surface area (Å²) in [4.78, 5) is 0. The monoisotopic (exact) mass is 106 g/mol. The summed E-state index contributed by atoms with van der Waals surface area (Å²) in [6.07, 6.45) is 0. The van der Waals surface area contributed by atoms with E-state index in [4.69, 9.17) is 0 Å². The molecule has 6 heavy (non-hydrogen) atoms. The Morgan fingerprint density at radius 2 is 2.67 bits per heavy atom. The van der Waals surface area contributed by atoms with Crippen LogP contribution in [0.3, 0.4) is 0 Å². The van der Waals surface area contributed by atoms with E-state index < -0.39 is 11.1 Å². The highest BCUT2D eigenvalue weighted by molar-refractivity contribution is 7.80. The third kappa shape index (κ3) is 0.767. The third-order valence-electron chi connectivity index (χ3n) is 0.485. The molecule has 1 atom stereocenters.